The van der Waals surface area contributed by atoms with Crippen LogP contribution in [0, 0.1) is 13.8 Å². The largest absolute Gasteiger partial charge is 0.320 e. The third-order valence-electron chi connectivity index (χ3n) is 5.09. The lowest BCUT2D eigenvalue weighted by molar-refractivity contribution is 0.312. The Hall–Kier alpha value is -2.46. The minimum Gasteiger partial charge on any atom is -0.320 e. The van der Waals surface area contributed by atoms with Crippen molar-refractivity contribution in [1.29, 1.82) is 0 Å². The molecule has 0 fully saturated rings. The van der Waals surface area contributed by atoms with E-state index >= 15 is 0 Å². The van der Waals surface area contributed by atoms with Crippen molar-refractivity contribution in [2.45, 2.75) is 33.7 Å². The molecule has 1 aliphatic rings. The first-order chi connectivity index (χ1) is 12.0. The van der Waals surface area contributed by atoms with Gasteiger partial charge in [-0.2, -0.15) is 0 Å². The molecule has 0 saturated carbocycles. The van der Waals surface area contributed by atoms with E-state index in [0.717, 1.165) is 30.9 Å². The number of likely N-dealkylation sites (N-methyl/N-ethyl adjacent to an activating group) is 1. The maximum absolute atomic E-state index is 4.33. The number of fused-ring (bicyclic) bond motifs is 3. The van der Waals surface area contributed by atoms with Crippen LogP contribution in [0.3, 0.4) is 0 Å². The van der Waals surface area contributed by atoms with Crippen molar-refractivity contribution in [3.05, 3.63) is 58.8 Å². The molecule has 0 radical (unpaired) electrons. The van der Waals surface area contributed by atoms with Crippen molar-refractivity contribution >= 4 is 22.7 Å². The molecule has 3 heterocycles. The summed E-state index contributed by atoms with van der Waals surface area (Å²) in [5.74, 6) is 0.804. The van der Waals surface area contributed by atoms with E-state index in [1.54, 1.807) is 0 Å². The zero-order valence-corrected chi connectivity index (χ0v) is 15.4. The summed E-state index contributed by atoms with van der Waals surface area (Å²) >= 11 is 0. The molecule has 3 aromatic rings. The van der Waals surface area contributed by atoms with Gasteiger partial charge in [-0.25, -0.2) is 9.97 Å². The normalized spacial score (nSPS) is 15.6. The third kappa shape index (κ3) is 2.87. The predicted molar refractivity (Wildman–Crippen MR) is 103 cm³/mol. The van der Waals surface area contributed by atoms with Gasteiger partial charge in [-0.1, -0.05) is 11.6 Å². The molecular weight excluding hydrogens is 308 g/mol. The standard InChI is InChI=1S/C21H24N4/c1-14-5-6-20-18(9-14)19-13-24(4)8-7-21(19)25(20)12-15(2)17-10-22-16(3)23-11-17/h5-6,9-12H,7-8,13H2,1-4H3. The first-order valence-corrected chi connectivity index (χ1v) is 8.81. The van der Waals surface area contributed by atoms with Crippen molar-refractivity contribution in [3.63, 3.8) is 0 Å². The lowest BCUT2D eigenvalue weighted by Gasteiger charge is -2.23. The van der Waals surface area contributed by atoms with Crippen molar-refractivity contribution < 1.29 is 0 Å². The Morgan fingerprint density at radius 1 is 1.16 bits per heavy atom. The second-order valence-corrected chi connectivity index (χ2v) is 7.13. The van der Waals surface area contributed by atoms with Crippen molar-refractivity contribution in [2.75, 3.05) is 13.6 Å². The summed E-state index contributed by atoms with van der Waals surface area (Å²) in [5, 5.41) is 1.38. The van der Waals surface area contributed by atoms with Crippen molar-refractivity contribution in [1.82, 2.24) is 19.4 Å². The molecule has 0 amide bonds. The monoisotopic (exact) mass is 332 g/mol. The van der Waals surface area contributed by atoms with E-state index in [2.05, 4.69) is 64.7 Å². The Morgan fingerprint density at radius 3 is 2.68 bits per heavy atom. The lowest BCUT2D eigenvalue weighted by Crippen LogP contribution is -2.26. The topological polar surface area (TPSA) is 34.0 Å². The van der Waals surface area contributed by atoms with Gasteiger partial charge in [0.1, 0.15) is 5.82 Å². The average molecular weight is 332 g/mol. The summed E-state index contributed by atoms with van der Waals surface area (Å²) in [6.07, 6.45) is 7.14. The molecule has 25 heavy (non-hydrogen) atoms. The summed E-state index contributed by atoms with van der Waals surface area (Å²) in [6.45, 7) is 8.33. The van der Waals surface area contributed by atoms with E-state index in [9.17, 15) is 0 Å². The van der Waals surface area contributed by atoms with Crippen LogP contribution in [0.25, 0.3) is 22.7 Å². The molecule has 4 heteroatoms. The SMILES string of the molecule is CC(=Cn1c2c(c3cc(C)ccc31)CN(C)CC2)c1cnc(C)nc1. The van der Waals surface area contributed by atoms with Gasteiger partial charge < -0.3 is 9.47 Å². The Kier molecular flexibility index (Phi) is 3.92. The van der Waals surface area contributed by atoms with E-state index in [-0.39, 0.29) is 0 Å². The van der Waals surface area contributed by atoms with Gasteiger partial charge in [0, 0.05) is 54.7 Å². The molecule has 0 N–H and O–H groups in total. The van der Waals surface area contributed by atoms with Gasteiger partial charge >= 0.3 is 0 Å². The van der Waals surface area contributed by atoms with Crippen LogP contribution < -0.4 is 0 Å². The average Bonchev–Trinajstić information content (AvgIpc) is 2.88. The first kappa shape index (κ1) is 16.0. The first-order valence-electron chi connectivity index (χ1n) is 8.81. The maximum atomic E-state index is 4.33. The fourth-order valence-electron chi connectivity index (χ4n) is 3.65. The molecule has 0 bridgehead atoms. The smallest absolute Gasteiger partial charge is 0.125 e. The molecule has 0 atom stereocenters. The van der Waals surface area contributed by atoms with Crippen LogP contribution in [-0.2, 0) is 13.0 Å². The fraction of sp³-hybridized carbons (Fsp3) is 0.333. The fourth-order valence-corrected chi connectivity index (χ4v) is 3.65. The van der Waals surface area contributed by atoms with Crippen LogP contribution >= 0.6 is 0 Å². The number of hydrogen-bond acceptors (Lipinski definition) is 3. The van der Waals surface area contributed by atoms with Crippen LogP contribution in [-0.4, -0.2) is 33.0 Å². The summed E-state index contributed by atoms with van der Waals surface area (Å²) in [4.78, 5) is 11.1. The van der Waals surface area contributed by atoms with E-state index in [1.807, 2.05) is 19.3 Å². The van der Waals surface area contributed by atoms with E-state index < -0.39 is 0 Å². The highest BCUT2D eigenvalue weighted by molar-refractivity contribution is 5.90. The second kappa shape index (κ2) is 6.12. The molecule has 0 unspecified atom stereocenters. The van der Waals surface area contributed by atoms with Crippen LogP contribution in [0.2, 0.25) is 0 Å². The summed E-state index contributed by atoms with van der Waals surface area (Å²) in [5.41, 5.74) is 7.76. The number of nitrogens with zero attached hydrogens (tertiary/aromatic N) is 4. The number of aryl methyl sites for hydroxylation is 2. The van der Waals surface area contributed by atoms with Gasteiger partial charge in [0.2, 0.25) is 0 Å². The molecule has 0 spiro atoms. The minimum absolute atomic E-state index is 0.804. The molecule has 128 valence electrons. The molecular formula is C21H24N4. The lowest BCUT2D eigenvalue weighted by atomic mass is 10.0. The van der Waals surface area contributed by atoms with Crippen molar-refractivity contribution in [3.8, 4) is 0 Å². The third-order valence-corrected chi connectivity index (χ3v) is 5.09. The quantitative estimate of drug-likeness (QED) is 0.710. The van der Waals surface area contributed by atoms with Crippen LogP contribution in [0.5, 0.6) is 0 Å². The molecule has 4 rings (SSSR count). The summed E-state index contributed by atoms with van der Waals surface area (Å²) < 4.78 is 2.38. The Balaban J connectivity index is 1.89. The van der Waals surface area contributed by atoms with Crippen LogP contribution in [0.15, 0.2) is 30.6 Å². The van der Waals surface area contributed by atoms with Crippen LogP contribution in [0.1, 0.15) is 35.1 Å². The Morgan fingerprint density at radius 2 is 1.92 bits per heavy atom. The van der Waals surface area contributed by atoms with Gasteiger partial charge in [-0.05, 0) is 51.1 Å². The molecule has 4 nitrogen and oxygen atoms in total. The highest BCUT2D eigenvalue weighted by Gasteiger charge is 2.21. The second-order valence-electron chi connectivity index (χ2n) is 7.13. The van der Waals surface area contributed by atoms with Gasteiger partial charge in [0.05, 0.1) is 5.52 Å². The van der Waals surface area contributed by atoms with Gasteiger partial charge in [-0.15, -0.1) is 0 Å². The Bertz CT molecular complexity index is 964. The summed E-state index contributed by atoms with van der Waals surface area (Å²) in [6, 6.07) is 6.77. The van der Waals surface area contributed by atoms with E-state index in [4.69, 9.17) is 0 Å². The zero-order valence-electron chi connectivity index (χ0n) is 15.4. The number of benzene rings is 1. The van der Waals surface area contributed by atoms with Crippen LogP contribution in [0.4, 0.5) is 0 Å². The molecule has 0 aliphatic carbocycles. The highest BCUT2D eigenvalue weighted by atomic mass is 15.1. The minimum atomic E-state index is 0.804. The number of hydrogen-bond donors (Lipinski definition) is 0. The molecule has 0 saturated heterocycles. The number of rotatable bonds is 2. The Labute approximate surface area is 148 Å². The highest BCUT2D eigenvalue weighted by Crippen LogP contribution is 2.32. The van der Waals surface area contributed by atoms with E-state index in [0.29, 0.717) is 0 Å². The zero-order chi connectivity index (χ0) is 17.6. The molecule has 1 aliphatic heterocycles. The molecule has 1 aromatic carbocycles. The van der Waals surface area contributed by atoms with Crippen molar-refractivity contribution in [2.24, 2.45) is 0 Å². The summed E-state index contributed by atoms with van der Waals surface area (Å²) in [7, 11) is 2.20. The number of aromatic nitrogens is 3. The van der Waals surface area contributed by atoms with E-state index in [1.165, 1.54) is 33.3 Å². The maximum Gasteiger partial charge on any atom is 0.125 e. The number of allylic oxidation sites excluding steroid dienone is 1. The van der Waals surface area contributed by atoms with Gasteiger partial charge in [0.25, 0.3) is 0 Å². The predicted octanol–water partition coefficient (Wildman–Crippen LogP) is 4.05. The van der Waals surface area contributed by atoms with Gasteiger partial charge in [-0.3, -0.25) is 0 Å². The molecule has 2 aromatic heterocycles. The van der Waals surface area contributed by atoms with Gasteiger partial charge in [0.15, 0.2) is 0 Å².